The molecule has 5 rings (SSSR count). The molecule has 3 heterocycles. The number of fused-ring (bicyclic) bond motifs is 3. The van der Waals surface area contributed by atoms with Crippen LogP contribution in [0.4, 0.5) is 8.78 Å². The average molecular weight is 427 g/mol. The van der Waals surface area contributed by atoms with Crippen molar-refractivity contribution in [2.45, 2.75) is 16.7 Å². The van der Waals surface area contributed by atoms with E-state index in [9.17, 15) is 23.5 Å². The van der Waals surface area contributed by atoms with Crippen LogP contribution in [-0.2, 0) is 5.75 Å². The van der Waals surface area contributed by atoms with Crippen LogP contribution in [0.2, 0.25) is 0 Å². The van der Waals surface area contributed by atoms with E-state index in [1.807, 2.05) is 24.3 Å². The number of carbonyl (C=O) groups is 1. The fraction of sp³-hybridized carbons (Fsp3) is 0.143. The minimum atomic E-state index is -0.923. The molecule has 2 aliphatic heterocycles. The highest BCUT2D eigenvalue weighted by atomic mass is 32.2. The summed E-state index contributed by atoms with van der Waals surface area (Å²) in [5.74, 6) is -2.84. The van der Waals surface area contributed by atoms with Crippen LogP contribution in [-0.4, -0.2) is 22.4 Å². The van der Waals surface area contributed by atoms with Gasteiger partial charge in [-0.1, -0.05) is 24.3 Å². The molecule has 0 radical (unpaired) electrons. The van der Waals surface area contributed by atoms with E-state index in [-0.39, 0.29) is 23.7 Å². The number of nitrogens with zero attached hydrogens (tertiary/aromatic N) is 2. The van der Waals surface area contributed by atoms with Gasteiger partial charge in [0.15, 0.2) is 23.1 Å². The first-order valence-electron chi connectivity index (χ1n) is 9.15. The molecule has 0 aliphatic carbocycles. The number of thioether (sulfide) groups is 1. The number of pyridine rings is 1. The van der Waals surface area contributed by atoms with Gasteiger partial charge in [-0.15, -0.1) is 11.8 Å². The Balaban J connectivity index is 1.79. The first kappa shape index (κ1) is 18.7. The van der Waals surface area contributed by atoms with E-state index in [4.69, 9.17) is 0 Å². The molecule has 1 atom stereocenters. The van der Waals surface area contributed by atoms with Crippen LogP contribution in [0.1, 0.15) is 33.2 Å². The molecule has 1 unspecified atom stereocenters. The SMILES string of the molecule is O=C1NCN(C2c3ccccc3SCc3c2ccc(F)c3F)n2ccc(=O)c(O)c21. The second kappa shape index (κ2) is 6.88. The smallest absolute Gasteiger partial charge is 0.275 e. The molecule has 152 valence electrons. The van der Waals surface area contributed by atoms with Gasteiger partial charge in [-0.25, -0.2) is 8.78 Å². The fourth-order valence-electron chi connectivity index (χ4n) is 3.96. The lowest BCUT2D eigenvalue weighted by molar-refractivity contribution is 0.0915. The Kier molecular flexibility index (Phi) is 4.28. The standard InChI is InChI=1S/C21H15F2N3O3S/c22-14-6-5-11-13(17(14)23)9-30-16-4-2-1-3-12(16)18(11)26-10-24-21(29)19-20(28)15(27)7-8-25(19)26/h1-8,18,28H,9-10H2,(H,24,29). The van der Waals surface area contributed by atoms with E-state index in [1.54, 1.807) is 11.1 Å². The predicted octanol–water partition coefficient (Wildman–Crippen LogP) is 2.87. The van der Waals surface area contributed by atoms with Crippen LogP contribution >= 0.6 is 11.8 Å². The number of aromatic hydroxyl groups is 1. The minimum absolute atomic E-state index is 0.0379. The number of amides is 1. The maximum Gasteiger partial charge on any atom is 0.275 e. The van der Waals surface area contributed by atoms with Gasteiger partial charge in [0.1, 0.15) is 6.67 Å². The molecule has 2 N–H and O–H groups in total. The van der Waals surface area contributed by atoms with E-state index in [2.05, 4.69) is 5.32 Å². The lowest BCUT2D eigenvalue weighted by Gasteiger charge is -2.40. The molecule has 2 aliphatic rings. The van der Waals surface area contributed by atoms with Crippen molar-refractivity contribution in [2.24, 2.45) is 0 Å². The highest BCUT2D eigenvalue weighted by Crippen LogP contribution is 2.43. The van der Waals surface area contributed by atoms with Gasteiger partial charge < -0.3 is 10.4 Å². The number of aromatic nitrogens is 1. The molecule has 0 fully saturated rings. The summed E-state index contributed by atoms with van der Waals surface area (Å²) >= 11 is 1.40. The Bertz CT molecular complexity index is 1260. The number of carbonyl (C=O) groups excluding carboxylic acids is 1. The first-order chi connectivity index (χ1) is 14.5. The van der Waals surface area contributed by atoms with Crippen LogP contribution in [0.15, 0.2) is 58.4 Å². The summed E-state index contributed by atoms with van der Waals surface area (Å²) in [4.78, 5) is 25.2. The molecule has 30 heavy (non-hydrogen) atoms. The number of rotatable bonds is 1. The van der Waals surface area contributed by atoms with Crippen LogP contribution in [0.5, 0.6) is 5.75 Å². The summed E-state index contributed by atoms with van der Waals surface area (Å²) in [6.45, 7) is 0.0379. The molecule has 0 saturated heterocycles. The Hall–Kier alpha value is -3.33. The van der Waals surface area contributed by atoms with Crippen LogP contribution in [0.3, 0.4) is 0 Å². The third-order valence-corrected chi connectivity index (χ3v) is 6.47. The number of halogens is 2. The van der Waals surface area contributed by atoms with Gasteiger partial charge in [-0.3, -0.25) is 19.3 Å². The van der Waals surface area contributed by atoms with E-state index in [0.717, 1.165) is 22.6 Å². The summed E-state index contributed by atoms with van der Waals surface area (Å²) in [6.07, 6.45) is 1.40. The van der Waals surface area contributed by atoms with Crippen molar-refractivity contribution in [1.29, 1.82) is 0 Å². The zero-order valence-electron chi connectivity index (χ0n) is 15.4. The van der Waals surface area contributed by atoms with Gasteiger partial charge in [0.2, 0.25) is 5.43 Å². The van der Waals surface area contributed by atoms with E-state index in [1.165, 1.54) is 22.6 Å². The lowest BCUT2D eigenvalue weighted by Crippen LogP contribution is -2.53. The molecule has 6 nitrogen and oxygen atoms in total. The van der Waals surface area contributed by atoms with E-state index < -0.39 is 34.8 Å². The van der Waals surface area contributed by atoms with Crippen molar-refractivity contribution < 1.29 is 18.7 Å². The van der Waals surface area contributed by atoms with Gasteiger partial charge >= 0.3 is 0 Å². The van der Waals surface area contributed by atoms with Crippen LogP contribution in [0.25, 0.3) is 0 Å². The third-order valence-electron chi connectivity index (χ3n) is 5.36. The zero-order chi connectivity index (χ0) is 21.0. The van der Waals surface area contributed by atoms with Gasteiger partial charge in [0.25, 0.3) is 5.91 Å². The molecule has 0 spiro atoms. The molecular weight excluding hydrogens is 412 g/mol. The van der Waals surface area contributed by atoms with Crippen molar-refractivity contribution in [3.8, 4) is 5.75 Å². The summed E-state index contributed by atoms with van der Waals surface area (Å²) in [5.41, 5.74) is 0.750. The zero-order valence-corrected chi connectivity index (χ0v) is 16.2. The molecule has 3 aromatic rings. The van der Waals surface area contributed by atoms with E-state index in [0.29, 0.717) is 5.56 Å². The van der Waals surface area contributed by atoms with E-state index >= 15 is 0 Å². The van der Waals surface area contributed by atoms with Crippen molar-refractivity contribution in [1.82, 2.24) is 9.99 Å². The van der Waals surface area contributed by atoms with Gasteiger partial charge in [0, 0.05) is 28.5 Å². The summed E-state index contributed by atoms with van der Waals surface area (Å²) < 4.78 is 30.1. The number of benzene rings is 2. The van der Waals surface area contributed by atoms with Gasteiger partial charge in [-0.05, 0) is 23.3 Å². The Labute approximate surface area is 173 Å². The topological polar surface area (TPSA) is 74.6 Å². The average Bonchev–Trinajstić information content (AvgIpc) is 2.91. The molecular formula is C21H15F2N3O3S. The molecule has 9 heteroatoms. The molecule has 0 saturated carbocycles. The highest BCUT2D eigenvalue weighted by Gasteiger charge is 2.36. The predicted molar refractivity (Wildman–Crippen MR) is 107 cm³/mol. The van der Waals surface area contributed by atoms with Crippen molar-refractivity contribution >= 4 is 17.7 Å². The minimum Gasteiger partial charge on any atom is -0.502 e. The second-order valence-electron chi connectivity index (χ2n) is 6.98. The first-order valence-corrected chi connectivity index (χ1v) is 10.1. The summed E-state index contributed by atoms with van der Waals surface area (Å²) in [6, 6.07) is 10.7. The molecule has 2 aromatic carbocycles. The number of nitrogens with one attached hydrogen (secondary N) is 1. The van der Waals surface area contributed by atoms with Crippen molar-refractivity contribution in [2.75, 3.05) is 11.7 Å². The van der Waals surface area contributed by atoms with Crippen LogP contribution in [0, 0.1) is 11.6 Å². The van der Waals surface area contributed by atoms with Gasteiger partial charge in [0.05, 0.1) is 6.04 Å². The third kappa shape index (κ3) is 2.69. The molecule has 0 bridgehead atoms. The van der Waals surface area contributed by atoms with Crippen LogP contribution < -0.4 is 15.8 Å². The normalized spacial score (nSPS) is 17.5. The van der Waals surface area contributed by atoms with Gasteiger partial charge in [-0.2, -0.15) is 0 Å². The Morgan fingerprint density at radius 3 is 2.70 bits per heavy atom. The molecule has 1 aromatic heterocycles. The number of hydrogen-bond acceptors (Lipinski definition) is 5. The monoisotopic (exact) mass is 427 g/mol. The largest absolute Gasteiger partial charge is 0.502 e. The Morgan fingerprint density at radius 1 is 1.07 bits per heavy atom. The summed E-state index contributed by atoms with van der Waals surface area (Å²) in [5, 5.41) is 14.6. The Morgan fingerprint density at radius 2 is 1.87 bits per heavy atom. The van der Waals surface area contributed by atoms with Crippen molar-refractivity contribution in [3.05, 3.63) is 92.9 Å². The maximum atomic E-state index is 14.7. The quantitative estimate of drug-likeness (QED) is 0.625. The number of hydrogen-bond donors (Lipinski definition) is 2. The highest BCUT2D eigenvalue weighted by molar-refractivity contribution is 7.98. The summed E-state index contributed by atoms with van der Waals surface area (Å²) in [7, 11) is 0. The molecule has 1 amide bonds. The van der Waals surface area contributed by atoms with Crippen molar-refractivity contribution in [3.63, 3.8) is 0 Å². The fourth-order valence-corrected chi connectivity index (χ4v) is 5.07. The maximum absolute atomic E-state index is 14.7. The lowest BCUT2D eigenvalue weighted by atomic mass is 9.94. The second-order valence-corrected chi connectivity index (χ2v) is 8.00.